The van der Waals surface area contributed by atoms with Gasteiger partial charge >= 0.3 is 0 Å². The topological polar surface area (TPSA) is 102 Å². The predicted molar refractivity (Wildman–Crippen MR) is 120 cm³/mol. The molecule has 0 heterocycles. The van der Waals surface area contributed by atoms with Crippen LogP contribution in [0.15, 0.2) is 48.5 Å². The second-order valence-electron chi connectivity index (χ2n) is 8.10. The van der Waals surface area contributed by atoms with E-state index in [1.165, 1.54) is 11.0 Å². The molecule has 0 spiro atoms. The zero-order valence-corrected chi connectivity index (χ0v) is 18.5. The predicted octanol–water partition coefficient (Wildman–Crippen LogP) is 3.62. The van der Waals surface area contributed by atoms with Crippen LogP contribution in [0.5, 0.6) is 5.75 Å². The summed E-state index contributed by atoms with van der Waals surface area (Å²) >= 11 is 0. The van der Waals surface area contributed by atoms with Crippen LogP contribution in [0.25, 0.3) is 0 Å². The lowest BCUT2D eigenvalue weighted by molar-refractivity contribution is -0.385. The van der Waals surface area contributed by atoms with Crippen molar-refractivity contribution in [2.75, 3.05) is 7.11 Å². The van der Waals surface area contributed by atoms with Crippen molar-refractivity contribution in [3.8, 4) is 5.75 Å². The number of hydrogen-bond donors (Lipinski definition) is 1. The lowest BCUT2D eigenvalue weighted by Gasteiger charge is -2.30. The molecular weight excluding hydrogens is 410 g/mol. The normalized spacial score (nSPS) is 14.6. The van der Waals surface area contributed by atoms with Gasteiger partial charge in [-0.25, -0.2) is 0 Å². The molecule has 0 bridgehead atoms. The third-order valence-corrected chi connectivity index (χ3v) is 5.89. The molecule has 1 aliphatic rings. The Hall–Kier alpha value is -3.42. The minimum absolute atomic E-state index is 0.106. The van der Waals surface area contributed by atoms with E-state index in [-0.39, 0.29) is 36.5 Å². The van der Waals surface area contributed by atoms with Crippen molar-refractivity contribution in [1.82, 2.24) is 10.2 Å². The standard InChI is InChI=1S/C24H29N3O5/c1-17(24(29)25-20-10-4-5-11-20)26(16-18-8-7-12-21(14-18)32-2)23(28)15-19-9-3-6-13-22(19)27(30)31/h3,6-9,12-14,17,20H,4-5,10-11,15-16H2,1-2H3,(H,25,29)/t17-/m1/s1. The van der Waals surface area contributed by atoms with Crippen molar-refractivity contribution in [2.45, 2.75) is 57.7 Å². The quantitative estimate of drug-likeness (QED) is 0.475. The van der Waals surface area contributed by atoms with Crippen LogP contribution in [-0.4, -0.2) is 40.8 Å². The molecular formula is C24H29N3O5. The lowest BCUT2D eigenvalue weighted by Crippen LogP contribution is -2.50. The van der Waals surface area contributed by atoms with Crippen molar-refractivity contribution < 1.29 is 19.2 Å². The number of amides is 2. The van der Waals surface area contributed by atoms with E-state index in [0.717, 1.165) is 31.2 Å². The Morgan fingerprint density at radius 1 is 1.19 bits per heavy atom. The Morgan fingerprint density at radius 3 is 2.59 bits per heavy atom. The highest BCUT2D eigenvalue weighted by Gasteiger charge is 2.29. The monoisotopic (exact) mass is 439 g/mol. The number of nitro groups is 1. The van der Waals surface area contributed by atoms with E-state index < -0.39 is 11.0 Å². The van der Waals surface area contributed by atoms with E-state index in [0.29, 0.717) is 11.3 Å². The number of carbonyl (C=O) groups excluding carboxylic acids is 2. The van der Waals surface area contributed by atoms with Crippen molar-refractivity contribution in [1.29, 1.82) is 0 Å². The van der Waals surface area contributed by atoms with Gasteiger partial charge in [-0.3, -0.25) is 19.7 Å². The average molecular weight is 440 g/mol. The van der Waals surface area contributed by atoms with Gasteiger partial charge in [0.2, 0.25) is 11.8 Å². The molecule has 0 radical (unpaired) electrons. The van der Waals surface area contributed by atoms with E-state index in [4.69, 9.17) is 4.74 Å². The summed E-state index contributed by atoms with van der Waals surface area (Å²) in [6.45, 7) is 1.89. The first-order chi connectivity index (χ1) is 15.4. The zero-order valence-electron chi connectivity index (χ0n) is 18.5. The molecule has 8 nitrogen and oxygen atoms in total. The number of nitro benzene ring substituents is 1. The summed E-state index contributed by atoms with van der Waals surface area (Å²) in [5, 5.41) is 14.4. The van der Waals surface area contributed by atoms with Gasteiger partial charge in [-0.15, -0.1) is 0 Å². The molecule has 0 unspecified atom stereocenters. The van der Waals surface area contributed by atoms with Gasteiger partial charge < -0.3 is 15.0 Å². The van der Waals surface area contributed by atoms with E-state index in [1.54, 1.807) is 38.3 Å². The summed E-state index contributed by atoms with van der Waals surface area (Å²) in [4.78, 5) is 38.6. The summed E-state index contributed by atoms with van der Waals surface area (Å²) in [6.07, 6.45) is 3.89. The second-order valence-corrected chi connectivity index (χ2v) is 8.10. The van der Waals surface area contributed by atoms with Gasteiger partial charge in [-0.2, -0.15) is 0 Å². The smallest absolute Gasteiger partial charge is 0.273 e. The number of hydrogen-bond acceptors (Lipinski definition) is 5. The third-order valence-electron chi connectivity index (χ3n) is 5.89. The highest BCUT2D eigenvalue weighted by Crippen LogP contribution is 2.22. The van der Waals surface area contributed by atoms with Gasteiger partial charge in [0.15, 0.2) is 0 Å². The summed E-state index contributed by atoms with van der Waals surface area (Å²) in [5.41, 5.74) is 1.02. The first-order valence-corrected chi connectivity index (χ1v) is 10.8. The summed E-state index contributed by atoms with van der Waals surface area (Å²) in [7, 11) is 1.56. The zero-order chi connectivity index (χ0) is 23.1. The van der Waals surface area contributed by atoms with Crippen molar-refractivity contribution >= 4 is 17.5 Å². The van der Waals surface area contributed by atoms with Crippen LogP contribution in [0.2, 0.25) is 0 Å². The number of benzene rings is 2. The molecule has 8 heteroatoms. The van der Waals surface area contributed by atoms with Gasteiger partial charge in [0.25, 0.3) is 5.69 Å². The minimum atomic E-state index is -0.725. The molecule has 1 atom stereocenters. The molecule has 2 aromatic rings. The van der Waals surface area contributed by atoms with Crippen LogP contribution in [0, 0.1) is 10.1 Å². The Kier molecular flexibility index (Phi) is 7.81. The Balaban J connectivity index is 1.83. The summed E-state index contributed by atoms with van der Waals surface area (Å²) in [6, 6.07) is 12.9. The van der Waals surface area contributed by atoms with Crippen LogP contribution in [0.4, 0.5) is 5.69 Å². The van der Waals surface area contributed by atoms with Crippen molar-refractivity contribution in [3.63, 3.8) is 0 Å². The maximum Gasteiger partial charge on any atom is 0.273 e. The van der Waals surface area contributed by atoms with E-state index in [2.05, 4.69) is 5.32 Å². The van der Waals surface area contributed by atoms with Gasteiger partial charge in [0.1, 0.15) is 11.8 Å². The number of nitrogens with one attached hydrogen (secondary N) is 1. The van der Waals surface area contributed by atoms with Crippen LogP contribution in [0.1, 0.15) is 43.7 Å². The summed E-state index contributed by atoms with van der Waals surface area (Å²) < 4.78 is 5.27. The highest BCUT2D eigenvalue weighted by molar-refractivity contribution is 5.88. The minimum Gasteiger partial charge on any atom is -0.497 e. The Bertz CT molecular complexity index is 972. The molecule has 2 amide bonds. The fraction of sp³-hybridized carbons (Fsp3) is 0.417. The molecule has 0 aromatic heterocycles. The van der Waals surface area contributed by atoms with Crippen LogP contribution in [-0.2, 0) is 22.6 Å². The fourth-order valence-corrected chi connectivity index (χ4v) is 4.04. The number of carbonyl (C=O) groups is 2. The molecule has 32 heavy (non-hydrogen) atoms. The molecule has 2 aromatic carbocycles. The summed E-state index contributed by atoms with van der Waals surface area (Å²) in [5.74, 6) is 0.0866. The highest BCUT2D eigenvalue weighted by atomic mass is 16.6. The first-order valence-electron chi connectivity index (χ1n) is 10.8. The number of ether oxygens (including phenoxy) is 1. The van der Waals surface area contributed by atoms with E-state index in [9.17, 15) is 19.7 Å². The first kappa shape index (κ1) is 23.2. The number of nitrogens with zero attached hydrogens (tertiary/aromatic N) is 2. The second kappa shape index (κ2) is 10.7. The van der Waals surface area contributed by atoms with Crippen LogP contribution >= 0.6 is 0 Å². The van der Waals surface area contributed by atoms with E-state index in [1.807, 2.05) is 18.2 Å². The number of rotatable bonds is 9. The maximum atomic E-state index is 13.3. The molecule has 0 saturated heterocycles. The Morgan fingerprint density at radius 2 is 1.91 bits per heavy atom. The average Bonchev–Trinajstić information content (AvgIpc) is 3.30. The van der Waals surface area contributed by atoms with Crippen molar-refractivity contribution in [2.24, 2.45) is 0 Å². The molecule has 1 saturated carbocycles. The van der Waals surface area contributed by atoms with Crippen LogP contribution in [0.3, 0.4) is 0 Å². The van der Waals surface area contributed by atoms with Gasteiger partial charge in [-0.05, 0) is 37.5 Å². The molecule has 170 valence electrons. The van der Waals surface area contributed by atoms with Crippen molar-refractivity contribution in [3.05, 3.63) is 69.8 Å². The molecule has 1 aliphatic carbocycles. The SMILES string of the molecule is COc1cccc(CN(C(=O)Cc2ccccc2[N+](=O)[O-])[C@H](C)C(=O)NC2CCCC2)c1. The van der Waals surface area contributed by atoms with Gasteiger partial charge in [-0.1, -0.05) is 43.2 Å². The number of para-hydroxylation sites is 1. The van der Waals surface area contributed by atoms with Gasteiger partial charge in [0.05, 0.1) is 18.5 Å². The molecule has 1 fully saturated rings. The maximum absolute atomic E-state index is 13.3. The fourth-order valence-electron chi connectivity index (χ4n) is 4.04. The van der Waals surface area contributed by atoms with Gasteiger partial charge in [0, 0.05) is 24.2 Å². The number of methoxy groups -OCH3 is 1. The third kappa shape index (κ3) is 5.84. The largest absolute Gasteiger partial charge is 0.497 e. The lowest BCUT2D eigenvalue weighted by atomic mass is 10.1. The molecule has 3 rings (SSSR count). The molecule has 0 aliphatic heterocycles. The molecule has 1 N–H and O–H groups in total. The van der Waals surface area contributed by atoms with E-state index >= 15 is 0 Å². The van der Waals surface area contributed by atoms with Crippen LogP contribution < -0.4 is 10.1 Å². The Labute approximate surface area is 187 Å².